The van der Waals surface area contributed by atoms with Crippen LogP contribution in [0.3, 0.4) is 0 Å². The minimum Gasteiger partial charge on any atom is -0.496 e. The zero-order valence-electron chi connectivity index (χ0n) is 21.6. The van der Waals surface area contributed by atoms with Crippen LogP contribution in [0.25, 0.3) is 6.08 Å². The Hall–Kier alpha value is -3.36. The van der Waals surface area contributed by atoms with E-state index >= 15 is 0 Å². The molecule has 0 aliphatic carbocycles. The first-order chi connectivity index (χ1) is 17.8. The number of hydrogen-bond donors (Lipinski definition) is 0. The second kappa shape index (κ2) is 11.4. The van der Waals surface area contributed by atoms with Crippen molar-refractivity contribution in [2.24, 2.45) is 4.99 Å². The summed E-state index contributed by atoms with van der Waals surface area (Å²) >= 11 is 7.40. The molecule has 1 unspecified atom stereocenters. The number of anilines is 1. The fourth-order valence-corrected chi connectivity index (χ4v) is 5.66. The van der Waals surface area contributed by atoms with E-state index < -0.39 is 12.0 Å². The zero-order chi connectivity index (χ0) is 26.7. The lowest BCUT2D eigenvalue weighted by molar-refractivity contribution is -0.139. The predicted molar refractivity (Wildman–Crippen MR) is 148 cm³/mol. The minimum atomic E-state index is -0.679. The zero-order valence-corrected chi connectivity index (χ0v) is 23.2. The highest BCUT2D eigenvalue weighted by Crippen LogP contribution is 2.31. The molecule has 7 nitrogen and oxygen atoms in total. The number of aromatic nitrogens is 1. The Morgan fingerprint density at radius 2 is 1.86 bits per heavy atom. The molecule has 1 atom stereocenters. The number of carbonyl (C=O) groups excluding carboxylic acids is 1. The molecule has 4 rings (SSSR count). The SMILES string of the molecule is CCOC(=O)C1=C(C)N=c2sc(=Cc3ccc(N(CC)CC)cc3OC)c(=O)n2C1c1ccc(Cl)cc1. The van der Waals surface area contributed by atoms with Crippen LogP contribution in [-0.2, 0) is 9.53 Å². The second-order valence-electron chi connectivity index (χ2n) is 8.45. The van der Waals surface area contributed by atoms with Gasteiger partial charge in [0.15, 0.2) is 4.80 Å². The smallest absolute Gasteiger partial charge is 0.338 e. The van der Waals surface area contributed by atoms with Gasteiger partial charge >= 0.3 is 5.97 Å². The third kappa shape index (κ3) is 5.22. The van der Waals surface area contributed by atoms with E-state index in [1.165, 1.54) is 11.3 Å². The van der Waals surface area contributed by atoms with Gasteiger partial charge in [-0.25, -0.2) is 9.79 Å². The van der Waals surface area contributed by atoms with E-state index in [0.29, 0.717) is 31.4 Å². The largest absolute Gasteiger partial charge is 0.496 e. The van der Waals surface area contributed by atoms with Gasteiger partial charge in [0.1, 0.15) is 5.75 Å². The van der Waals surface area contributed by atoms with Crippen LogP contribution in [0.2, 0.25) is 5.02 Å². The number of benzene rings is 2. The van der Waals surface area contributed by atoms with Gasteiger partial charge in [-0.15, -0.1) is 0 Å². The highest BCUT2D eigenvalue weighted by atomic mass is 35.5. The quantitative estimate of drug-likeness (QED) is 0.399. The Balaban J connectivity index is 1.90. The van der Waals surface area contributed by atoms with Crippen molar-refractivity contribution in [1.82, 2.24) is 4.57 Å². The van der Waals surface area contributed by atoms with Crippen molar-refractivity contribution in [2.45, 2.75) is 33.7 Å². The van der Waals surface area contributed by atoms with Gasteiger partial charge in [0.05, 0.1) is 35.6 Å². The molecule has 194 valence electrons. The monoisotopic (exact) mass is 539 g/mol. The molecule has 0 amide bonds. The van der Waals surface area contributed by atoms with Gasteiger partial charge in [-0.1, -0.05) is 35.1 Å². The van der Waals surface area contributed by atoms with E-state index in [4.69, 9.17) is 21.1 Å². The first kappa shape index (κ1) is 26.7. The summed E-state index contributed by atoms with van der Waals surface area (Å²) in [5.74, 6) is 0.180. The van der Waals surface area contributed by atoms with Crippen LogP contribution in [0, 0.1) is 0 Å². The Morgan fingerprint density at radius 3 is 2.49 bits per heavy atom. The molecule has 1 aliphatic heterocycles. The summed E-state index contributed by atoms with van der Waals surface area (Å²) in [4.78, 5) is 34.2. The van der Waals surface area contributed by atoms with E-state index in [9.17, 15) is 9.59 Å². The molecule has 9 heteroatoms. The number of nitrogens with zero attached hydrogens (tertiary/aromatic N) is 3. The Labute approximate surface area is 224 Å². The Kier molecular flexibility index (Phi) is 8.19. The van der Waals surface area contributed by atoms with Crippen LogP contribution < -0.4 is 24.5 Å². The molecule has 0 spiro atoms. The fourth-order valence-electron chi connectivity index (χ4n) is 4.50. The van der Waals surface area contributed by atoms with Crippen LogP contribution in [0.15, 0.2) is 63.5 Å². The van der Waals surface area contributed by atoms with Crippen molar-refractivity contribution in [3.63, 3.8) is 0 Å². The van der Waals surface area contributed by atoms with Gasteiger partial charge in [0, 0.05) is 35.4 Å². The van der Waals surface area contributed by atoms with Gasteiger partial charge in [0.25, 0.3) is 5.56 Å². The summed E-state index contributed by atoms with van der Waals surface area (Å²) in [6, 6.07) is 12.4. The van der Waals surface area contributed by atoms with Crippen molar-refractivity contribution in [3.8, 4) is 5.75 Å². The molecule has 0 N–H and O–H groups in total. The number of fused-ring (bicyclic) bond motifs is 1. The number of ether oxygens (including phenoxy) is 2. The van der Waals surface area contributed by atoms with Crippen molar-refractivity contribution in [3.05, 3.63) is 89.6 Å². The van der Waals surface area contributed by atoms with E-state index in [1.807, 2.05) is 36.4 Å². The summed E-state index contributed by atoms with van der Waals surface area (Å²) < 4.78 is 13.1. The summed E-state index contributed by atoms with van der Waals surface area (Å²) in [6.45, 7) is 9.70. The van der Waals surface area contributed by atoms with E-state index in [1.54, 1.807) is 37.7 Å². The standard InChI is InChI=1S/C28H30ClN3O4S/c1-6-31(7-2)21-14-11-19(22(16-21)35-5)15-23-26(33)32-25(18-9-12-20(29)13-10-18)24(27(34)36-8-3)17(4)30-28(32)37-23/h9-16,25H,6-8H2,1-5H3. The number of thiazole rings is 1. The first-order valence-corrected chi connectivity index (χ1v) is 13.4. The normalized spacial score (nSPS) is 15.3. The summed E-state index contributed by atoms with van der Waals surface area (Å²) in [5.41, 5.74) is 3.20. The van der Waals surface area contributed by atoms with E-state index in [-0.39, 0.29) is 12.2 Å². The number of rotatable bonds is 8. The topological polar surface area (TPSA) is 73.1 Å². The highest BCUT2D eigenvalue weighted by Gasteiger charge is 2.33. The Morgan fingerprint density at radius 1 is 1.16 bits per heavy atom. The molecule has 0 saturated heterocycles. The number of halogens is 1. The second-order valence-corrected chi connectivity index (χ2v) is 9.90. The van der Waals surface area contributed by atoms with E-state index in [0.717, 1.165) is 29.9 Å². The van der Waals surface area contributed by atoms with Gasteiger partial charge in [-0.3, -0.25) is 9.36 Å². The van der Waals surface area contributed by atoms with Crippen molar-refractivity contribution in [2.75, 3.05) is 31.7 Å². The fraction of sp³-hybridized carbons (Fsp3) is 0.321. The van der Waals surface area contributed by atoms with E-state index in [2.05, 4.69) is 23.7 Å². The molecular formula is C28H30ClN3O4S. The number of esters is 1. The van der Waals surface area contributed by atoms with Crippen molar-refractivity contribution < 1.29 is 14.3 Å². The van der Waals surface area contributed by atoms with Gasteiger partial charge < -0.3 is 14.4 Å². The molecule has 0 saturated carbocycles. The third-order valence-electron chi connectivity index (χ3n) is 6.34. The lowest BCUT2D eigenvalue weighted by atomic mass is 9.96. The molecule has 37 heavy (non-hydrogen) atoms. The Bertz CT molecular complexity index is 1520. The lowest BCUT2D eigenvalue weighted by Crippen LogP contribution is -2.39. The van der Waals surface area contributed by atoms with Crippen LogP contribution in [0.1, 0.15) is 44.9 Å². The lowest BCUT2D eigenvalue weighted by Gasteiger charge is -2.24. The summed E-state index contributed by atoms with van der Waals surface area (Å²) in [7, 11) is 1.62. The summed E-state index contributed by atoms with van der Waals surface area (Å²) in [6.07, 6.45) is 1.82. The average Bonchev–Trinajstić information content (AvgIpc) is 3.19. The van der Waals surface area contributed by atoms with Crippen LogP contribution in [0.4, 0.5) is 5.69 Å². The van der Waals surface area contributed by atoms with Crippen LogP contribution in [0.5, 0.6) is 5.75 Å². The molecular weight excluding hydrogens is 510 g/mol. The van der Waals surface area contributed by atoms with Crippen molar-refractivity contribution in [1.29, 1.82) is 0 Å². The first-order valence-electron chi connectivity index (χ1n) is 12.2. The molecule has 0 radical (unpaired) electrons. The molecule has 0 bridgehead atoms. The molecule has 0 fully saturated rings. The maximum Gasteiger partial charge on any atom is 0.338 e. The van der Waals surface area contributed by atoms with Gasteiger partial charge in [-0.2, -0.15) is 0 Å². The maximum atomic E-state index is 13.8. The maximum absolute atomic E-state index is 13.8. The summed E-state index contributed by atoms with van der Waals surface area (Å²) in [5, 5.41) is 0.565. The number of methoxy groups -OCH3 is 1. The predicted octanol–water partition coefficient (Wildman–Crippen LogP) is 4.31. The number of hydrogen-bond acceptors (Lipinski definition) is 7. The van der Waals surface area contributed by atoms with Gasteiger partial charge in [-0.05, 0) is 63.6 Å². The van der Waals surface area contributed by atoms with Crippen LogP contribution >= 0.6 is 22.9 Å². The minimum absolute atomic E-state index is 0.219. The van der Waals surface area contributed by atoms with Gasteiger partial charge in [0.2, 0.25) is 0 Å². The number of carbonyl (C=O) groups is 1. The number of allylic oxidation sites excluding steroid dienone is 1. The van der Waals surface area contributed by atoms with Crippen LogP contribution in [-0.4, -0.2) is 37.3 Å². The molecule has 3 aromatic rings. The van der Waals surface area contributed by atoms with Crippen molar-refractivity contribution >= 4 is 40.7 Å². The third-order valence-corrected chi connectivity index (χ3v) is 7.57. The highest BCUT2D eigenvalue weighted by molar-refractivity contribution is 7.07. The molecule has 2 heterocycles. The molecule has 1 aliphatic rings. The molecule has 2 aromatic carbocycles. The average molecular weight is 540 g/mol. The molecule has 1 aromatic heterocycles.